The summed E-state index contributed by atoms with van der Waals surface area (Å²) < 4.78 is 33.1. The van der Waals surface area contributed by atoms with Gasteiger partial charge in [-0.2, -0.15) is 0 Å². The average molecular weight is 503 g/mol. The van der Waals surface area contributed by atoms with Gasteiger partial charge in [-0.1, -0.05) is 29.8 Å². The van der Waals surface area contributed by atoms with Crippen molar-refractivity contribution in [2.75, 3.05) is 18.0 Å². The first kappa shape index (κ1) is 25.1. The second kappa shape index (κ2) is 10.6. The topological polar surface area (TPSA) is 113 Å². The standard InChI is InChI=1S/C24H23ClN2O6S/c1-16-21(25)7-4-8-22(16)27(34(31,32)20-11-9-19(33-2)10-12-20)15-23(28)26-14-17-5-3-6-18(13-17)24(29)30/h3-13H,14-15H2,1-2H3,(H,26,28)(H,29,30). The van der Waals surface area contributed by atoms with E-state index in [1.54, 1.807) is 37.3 Å². The molecule has 0 atom stereocenters. The number of aromatic carboxylic acids is 1. The molecule has 0 bridgehead atoms. The monoisotopic (exact) mass is 502 g/mol. The molecule has 0 unspecified atom stereocenters. The van der Waals surface area contributed by atoms with Gasteiger partial charge in [0.1, 0.15) is 12.3 Å². The Morgan fingerprint density at radius 3 is 2.38 bits per heavy atom. The van der Waals surface area contributed by atoms with E-state index in [2.05, 4.69) is 5.32 Å². The normalized spacial score (nSPS) is 11.0. The van der Waals surface area contributed by atoms with E-state index in [4.69, 9.17) is 21.4 Å². The molecule has 0 heterocycles. The van der Waals surface area contributed by atoms with E-state index in [0.29, 0.717) is 21.9 Å². The van der Waals surface area contributed by atoms with Crippen molar-refractivity contribution >= 4 is 39.2 Å². The number of hydrogen-bond donors (Lipinski definition) is 2. The summed E-state index contributed by atoms with van der Waals surface area (Å²) in [6.07, 6.45) is 0. The van der Waals surface area contributed by atoms with Crippen molar-refractivity contribution < 1.29 is 27.9 Å². The van der Waals surface area contributed by atoms with Gasteiger partial charge >= 0.3 is 5.97 Å². The highest BCUT2D eigenvalue weighted by molar-refractivity contribution is 7.92. The molecule has 0 aliphatic rings. The highest BCUT2D eigenvalue weighted by atomic mass is 35.5. The Balaban J connectivity index is 1.89. The number of ether oxygens (including phenoxy) is 1. The maximum atomic E-state index is 13.5. The van der Waals surface area contributed by atoms with Crippen LogP contribution in [0.15, 0.2) is 71.6 Å². The number of amides is 1. The van der Waals surface area contributed by atoms with Gasteiger partial charge in [-0.3, -0.25) is 9.10 Å². The Morgan fingerprint density at radius 1 is 1.06 bits per heavy atom. The third-order valence-electron chi connectivity index (χ3n) is 5.11. The Morgan fingerprint density at radius 2 is 1.74 bits per heavy atom. The van der Waals surface area contributed by atoms with Crippen molar-refractivity contribution in [3.8, 4) is 5.75 Å². The maximum absolute atomic E-state index is 13.5. The van der Waals surface area contributed by atoms with Crippen LogP contribution in [0, 0.1) is 6.92 Å². The smallest absolute Gasteiger partial charge is 0.335 e. The quantitative estimate of drug-likeness (QED) is 0.459. The number of halogens is 1. The van der Waals surface area contributed by atoms with Crippen LogP contribution in [0.2, 0.25) is 5.02 Å². The number of carboxylic acids is 1. The van der Waals surface area contributed by atoms with E-state index in [0.717, 1.165) is 4.31 Å². The zero-order valence-corrected chi connectivity index (χ0v) is 20.1. The molecule has 3 rings (SSSR count). The molecular weight excluding hydrogens is 480 g/mol. The van der Waals surface area contributed by atoms with Gasteiger partial charge in [0.25, 0.3) is 10.0 Å². The lowest BCUT2D eigenvalue weighted by atomic mass is 10.1. The van der Waals surface area contributed by atoms with Crippen molar-refractivity contribution in [2.45, 2.75) is 18.4 Å². The Bertz CT molecular complexity index is 1310. The summed E-state index contributed by atoms with van der Waals surface area (Å²) >= 11 is 6.23. The van der Waals surface area contributed by atoms with Crippen LogP contribution in [0.25, 0.3) is 0 Å². The predicted octanol–water partition coefficient (Wildman–Crippen LogP) is 3.87. The van der Waals surface area contributed by atoms with Crippen LogP contribution in [-0.2, 0) is 21.4 Å². The van der Waals surface area contributed by atoms with Gasteiger partial charge in [0, 0.05) is 11.6 Å². The Labute approximate surface area is 202 Å². The first-order valence-electron chi connectivity index (χ1n) is 10.1. The molecule has 34 heavy (non-hydrogen) atoms. The summed E-state index contributed by atoms with van der Waals surface area (Å²) in [6, 6.07) is 16.8. The highest BCUT2D eigenvalue weighted by Crippen LogP contribution is 2.31. The minimum absolute atomic E-state index is 0.0189. The minimum atomic E-state index is -4.13. The number of carbonyl (C=O) groups excluding carboxylic acids is 1. The van der Waals surface area contributed by atoms with E-state index in [-0.39, 0.29) is 22.7 Å². The van der Waals surface area contributed by atoms with Crippen molar-refractivity contribution in [1.82, 2.24) is 5.32 Å². The van der Waals surface area contributed by atoms with Gasteiger partial charge in [0.15, 0.2) is 0 Å². The molecule has 0 saturated carbocycles. The lowest BCUT2D eigenvalue weighted by molar-refractivity contribution is -0.119. The first-order chi connectivity index (χ1) is 16.1. The predicted molar refractivity (Wildman–Crippen MR) is 129 cm³/mol. The molecule has 10 heteroatoms. The summed E-state index contributed by atoms with van der Waals surface area (Å²) in [7, 11) is -2.66. The van der Waals surface area contributed by atoms with Crippen molar-refractivity contribution in [1.29, 1.82) is 0 Å². The lowest BCUT2D eigenvalue weighted by Crippen LogP contribution is -2.41. The van der Waals surface area contributed by atoms with Crippen LogP contribution in [-0.4, -0.2) is 39.1 Å². The second-order valence-electron chi connectivity index (χ2n) is 7.35. The van der Waals surface area contributed by atoms with Crippen molar-refractivity contribution in [2.24, 2.45) is 0 Å². The van der Waals surface area contributed by atoms with Crippen molar-refractivity contribution in [3.05, 3.63) is 88.4 Å². The van der Waals surface area contributed by atoms with E-state index in [9.17, 15) is 18.0 Å². The number of methoxy groups -OCH3 is 1. The molecule has 178 valence electrons. The molecule has 3 aromatic rings. The van der Waals surface area contributed by atoms with Gasteiger partial charge in [-0.25, -0.2) is 13.2 Å². The molecule has 0 aromatic heterocycles. The van der Waals surface area contributed by atoms with Crippen LogP contribution in [0.1, 0.15) is 21.5 Å². The van der Waals surface area contributed by atoms with Crippen LogP contribution >= 0.6 is 11.6 Å². The number of carboxylic acid groups (broad SMARTS) is 1. The number of nitrogens with zero attached hydrogens (tertiary/aromatic N) is 1. The number of anilines is 1. The highest BCUT2D eigenvalue weighted by Gasteiger charge is 2.29. The van der Waals surface area contributed by atoms with Gasteiger partial charge < -0.3 is 15.2 Å². The molecule has 0 aliphatic carbocycles. The zero-order chi connectivity index (χ0) is 24.9. The third-order valence-corrected chi connectivity index (χ3v) is 7.29. The van der Waals surface area contributed by atoms with Crippen LogP contribution in [0.3, 0.4) is 0 Å². The van der Waals surface area contributed by atoms with E-state index in [1.165, 1.54) is 43.5 Å². The molecule has 2 N–H and O–H groups in total. The number of nitrogens with one attached hydrogen (secondary N) is 1. The number of benzene rings is 3. The maximum Gasteiger partial charge on any atom is 0.335 e. The number of carbonyl (C=O) groups is 2. The summed E-state index contributed by atoms with van der Waals surface area (Å²) in [5.41, 5.74) is 1.43. The zero-order valence-electron chi connectivity index (χ0n) is 18.5. The number of sulfonamides is 1. The lowest BCUT2D eigenvalue weighted by Gasteiger charge is -2.26. The molecule has 0 saturated heterocycles. The van der Waals surface area contributed by atoms with Gasteiger partial charge in [0.2, 0.25) is 5.91 Å². The molecule has 0 aliphatic heterocycles. The number of rotatable bonds is 9. The van der Waals surface area contributed by atoms with Gasteiger partial charge in [-0.05, 0) is 66.6 Å². The summed E-state index contributed by atoms with van der Waals surface area (Å²) in [4.78, 5) is 23.9. The SMILES string of the molecule is COc1ccc(S(=O)(=O)N(CC(=O)NCc2cccc(C(=O)O)c2)c2cccc(Cl)c2C)cc1. The minimum Gasteiger partial charge on any atom is -0.497 e. The summed E-state index contributed by atoms with van der Waals surface area (Å²) in [5.74, 6) is -1.16. The molecule has 0 radical (unpaired) electrons. The van der Waals surface area contributed by atoms with Crippen molar-refractivity contribution in [3.63, 3.8) is 0 Å². The van der Waals surface area contributed by atoms with Crippen LogP contribution in [0.5, 0.6) is 5.75 Å². The second-order valence-corrected chi connectivity index (χ2v) is 9.62. The van der Waals surface area contributed by atoms with Crippen LogP contribution in [0.4, 0.5) is 5.69 Å². The molecule has 1 amide bonds. The molecule has 3 aromatic carbocycles. The first-order valence-corrected chi connectivity index (χ1v) is 12.0. The fourth-order valence-corrected chi connectivity index (χ4v) is 4.89. The van der Waals surface area contributed by atoms with Crippen LogP contribution < -0.4 is 14.4 Å². The summed E-state index contributed by atoms with van der Waals surface area (Å²) in [5, 5.41) is 12.1. The van der Waals surface area contributed by atoms with E-state index < -0.39 is 28.4 Å². The average Bonchev–Trinajstić information content (AvgIpc) is 2.83. The fraction of sp³-hybridized carbons (Fsp3) is 0.167. The molecule has 0 spiro atoms. The van der Waals surface area contributed by atoms with E-state index in [1.807, 2.05) is 0 Å². The molecule has 0 fully saturated rings. The van der Waals surface area contributed by atoms with Gasteiger partial charge in [-0.15, -0.1) is 0 Å². The Hall–Kier alpha value is -3.56. The molecular formula is C24H23ClN2O6S. The van der Waals surface area contributed by atoms with E-state index >= 15 is 0 Å². The summed E-state index contributed by atoms with van der Waals surface area (Å²) in [6.45, 7) is 1.20. The fourth-order valence-electron chi connectivity index (χ4n) is 3.24. The third kappa shape index (κ3) is 5.67. The largest absolute Gasteiger partial charge is 0.497 e. The number of hydrogen-bond acceptors (Lipinski definition) is 5. The Kier molecular flexibility index (Phi) is 7.80. The van der Waals surface area contributed by atoms with Gasteiger partial charge in [0.05, 0.1) is 23.3 Å². The molecule has 8 nitrogen and oxygen atoms in total.